The number of nitrogens with zero attached hydrogens (tertiary/aromatic N) is 2. The lowest BCUT2D eigenvalue weighted by molar-refractivity contribution is -0.118. The molecule has 0 atom stereocenters. The van der Waals surface area contributed by atoms with E-state index in [1.54, 1.807) is 11.3 Å². The predicted octanol–water partition coefficient (Wildman–Crippen LogP) is 3.61. The van der Waals surface area contributed by atoms with Crippen LogP contribution >= 0.6 is 23.1 Å². The summed E-state index contributed by atoms with van der Waals surface area (Å²) in [7, 11) is 0. The van der Waals surface area contributed by atoms with E-state index >= 15 is 0 Å². The molecule has 23 heavy (non-hydrogen) atoms. The van der Waals surface area contributed by atoms with Gasteiger partial charge in [0.1, 0.15) is 11.4 Å². The van der Waals surface area contributed by atoms with Crippen LogP contribution in [0.4, 0.5) is 0 Å². The van der Waals surface area contributed by atoms with Crippen LogP contribution in [-0.2, 0) is 11.3 Å². The van der Waals surface area contributed by atoms with Crippen LogP contribution in [0.3, 0.4) is 0 Å². The van der Waals surface area contributed by atoms with Gasteiger partial charge < -0.3 is 5.32 Å². The quantitative estimate of drug-likeness (QED) is 0.550. The Balaban J connectivity index is 1.55. The third-order valence-corrected chi connectivity index (χ3v) is 4.90. The van der Waals surface area contributed by atoms with Gasteiger partial charge in [-0.2, -0.15) is 0 Å². The molecule has 0 spiro atoms. The Morgan fingerprint density at radius 2 is 2.00 bits per heavy atom. The van der Waals surface area contributed by atoms with Gasteiger partial charge in [-0.1, -0.05) is 48.2 Å². The lowest BCUT2D eigenvalue weighted by Crippen LogP contribution is -2.24. The Morgan fingerprint density at radius 1 is 1.13 bits per heavy atom. The molecule has 2 heterocycles. The lowest BCUT2D eigenvalue weighted by Gasteiger charge is -2.05. The topological polar surface area (TPSA) is 54.9 Å². The highest BCUT2D eigenvalue weighted by atomic mass is 32.2. The van der Waals surface area contributed by atoms with Crippen molar-refractivity contribution in [2.24, 2.45) is 0 Å². The molecule has 0 saturated carbocycles. The van der Waals surface area contributed by atoms with E-state index in [1.807, 2.05) is 53.9 Å². The van der Waals surface area contributed by atoms with Crippen molar-refractivity contribution in [3.05, 3.63) is 65.1 Å². The van der Waals surface area contributed by atoms with Crippen LogP contribution in [-0.4, -0.2) is 21.6 Å². The lowest BCUT2D eigenvalue weighted by atomic mass is 10.1. The molecule has 1 N–H and O–H groups in total. The Morgan fingerprint density at radius 3 is 2.78 bits per heavy atom. The minimum atomic E-state index is 0.00303. The summed E-state index contributed by atoms with van der Waals surface area (Å²) < 4.78 is 0. The smallest absolute Gasteiger partial charge is 0.230 e. The molecule has 0 bridgehead atoms. The molecular weight excluding hydrogens is 326 g/mol. The Hall–Kier alpha value is -2.18. The van der Waals surface area contributed by atoms with Crippen LogP contribution in [0.15, 0.2) is 65.3 Å². The number of hydrogen-bond donors (Lipinski definition) is 1. The van der Waals surface area contributed by atoms with Gasteiger partial charge in [-0.25, -0.2) is 9.97 Å². The van der Waals surface area contributed by atoms with Crippen molar-refractivity contribution in [2.45, 2.75) is 11.6 Å². The van der Waals surface area contributed by atoms with E-state index < -0.39 is 0 Å². The molecule has 2 aromatic heterocycles. The van der Waals surface area contributed by atoms with Gasteiger partial charge in [-0.3, -0.25) is 4.79 Å². The highest BCUT2D eigenvalue weighted by molar-refractivity contribution is 7.99. The number of hydrogen-bond acceptors (Lipinski definition) is 5. The van der Waals surface area contributed by atoms with Crippen molar-refractivity contribution in [2.75, 3.05) is 5.75 Å². The fourth-order valence-electron chi connectivity index (χ4n) is 1.97. The van der Waals surface area contributed by atoms with E-state index in [9.17, 15) is 4.79 Å². The number of nitrogens with one attached hydrogen (secondary N) is 1. The van der Waals surface area contributed by atoms with Crippen LogP contribution in [0.25, 0.3) is 11.3 Å². The molecule has 116 valence electrons. The summed E-state index contributed by atoms with van der Waals surface area (Å²) in [6, 6.07) is 15.8. The minimum absolute atomic E-state index is 0.00303. The molecule has 0 saturated heterocycles. The van der Waals surface area contributed by atoms with Crippen LogP contribution in [0, 0.1) is 0 Å². The molecule has 0 radical (unpaired) electrons. The van der Waals surface area contributed by atoms with Gasteiger partial charge >= 0.3 is 0 Å². The summed E-state index contributed by atoms with van der Waals surface area (Å²) in [4.78, 5) is 21.5. The van der Waals surface area contributed by atoms with Crippen LogP contribution in [0.2, 0.25) is 0 Å². The second-order valence-electron chi connectivity index (χ2n) is 4.75. The number of aromatic nitrogens is 2. The van der Waals surface area contributed by atoms with Gasteiger partial charge in [0, 0.05) is 10.4 Å². The number of carbonyl (C=O) groups is 1. The van der Waals surface area contributed by atoms with E-state index in [0.717, 1.165) is 21.2 Å². The molecule has 6 heteroatoms. The molecule has 3 aromatic rings. The van der Waals surface area contributed by atoms with Crippen molar-refractivity contribution >= 4 is 29.0 Å². The molecule has 0 aliphatic carbocycles. The summed E-state index contributed by atoms with van der Waals surface area (Å²) >= 11 is 3.05. The van der Waals surface area contributed by atoms with E-state index in [0.29, 0.717) is 12.3 Å². The summed E-state index contributed by atoms with van der Waals surface area (Å²) in [5.41, 5.74) is 1.90. The Kier molecular flexibility index (Phi) is 5.39. The maximum Gasteiger partial charge on any atom is 0.230 e. The number of thioether (sulfide) groups is 1. The highest BCUT2D eigenvalue weighted by Crippen LogP contribution is 2.21. The average molecular weight is 341 g/mol. The molecule has 3 rings (SSSR count). The second-order valence-corrected chi connectivity index (χ2v) is 6.78. The van der Waals surface area contributed by atoms with Gasteiger partial charge in [-0.15, -0.1) is 11.3 Å². The molecular formula is C17H15N3OS2. The average Bonchev–Trinajstić information content (AvgIpc) is 3.13. The first-order valence-electron chi connectivity index (χ1n) is 7.10. The zero-order valence-corrected chi connectivity index (χ0v) is 13.9. The summed E-state index contributed by atoms with van der Waals surface area (Å²) in [6.45, 7) is 0.579. The van der Waals surface area contributed by atoms with Gasteiger partial charge in [0.15, 0.2) is 0 Å². The van der Waals surface area contributed by atoms with E-state index in [2.05, 4.69) is 15.3 Å². The largest absolute Gasteiger partial charge is 0.350 e. The third-order valence-electron chi connectivity index (χ3n) is 3.10. The fourth-order valence-corrected chi connectivity index (χ4v) is 3.32. The third kappa shape index (κ3) is 4.64. The number of thiophene rings is 1. The number of rotatable bonds is 6. The molecule has 4 nitrogen and oxygen atoms in total. The molecule has 0 fully saturated rings. The zero-order chi connectivity index (χ0) is 15.9. The summed E-state index contributed by atoms with van der Waals surface area (Å²) in [5, 5.41) is 5.71. The van der Waals surface area contributed by atoms with Crippen LogP contribution in [0.1, 0.15) is 4.88 Å². The van der Waals surface area contributed by atoms with Crippen molar-refractivity contribution in [1.82, 2.24) is 15.3 Å². The highest BCUT2D eigenvalue weighted by Gasteiger charge is 2.06. The van der Waals surface area contributed by atoms with Crippen molar-refractivity contribution in [3.63, 3.8) is 0 Å². The number of amides is 1. The van der Waals surface area contributed by atoms with Gasteiger partial charge in [0.05, 0.1) is 18.0 Å². The predicted molar refractivity (Wildman–Crippen MR) is 94.4 cm³/mol. The Bertz CT molecular complexity index is 761. The summed E-state index contributed by atoms with van der Waals surface area (Å²) in [5.74, 6) is 0.347. The van der Waals surface area contributed by atoms with Crippen molar-refractivity contribution < 1.29 is 4.79 Å². The van der Waals surface area contributed by atoms with Gasteiger partial charge in [0.2, 0.25) is 5.91 Å². The van der Waals surface area contributed by atoms with Crippen LogP contribution in [0.5, 0.6) is 0 Å². The first-order chi connectivity index (χ1) is 11.3. The van der Waals surface area contributed by atoms with Crippen molar-refractivity contribution in [1.29, 1.82) is 0 Å². The van der Waals surface area contributed by atoms with Crippen molar-refractivity contribution in [3.8, 4) is 11.3 Å². The number of benzene rings is 1. The monoisotopic (exact) mass is 341 g/mol. The van der Waals surface area contributed by atoms with Gasteiger partial charge in [0.25, 0.3) is 0 Å². The van der Waals surface area contributed by atoms with Crippen LogP contribution < -0.4 is 5.32 Å². The first kappa shape index (κ1) is 15.7. The molecule has 0 unspecified atom stereocenters. The number of carbonyl (C=O) groups excluding carboxylic acids is 1. The maximum absolute atomic E-state index is 11.9. The van der Waals surface area contributed by atoms with E-state index in [1.165, 1.54) is 18.1 Å². The van der Waals surface area contributed by atoms with E-state index in [-0.39, 0.29) is 5.91 Å². The Labute approximate surface area is 143 Å². The van der Waals surface area contributed by atoms with Gasteiger partial charge in [-0.05, 0) is 17.5 Å². The minimum Gasteiger partial charge on any atom is -0.350 e. The normalized spacial score (nSPS) is 10.4. The standard InChI is InChI=1S/C17H15N3OS2/c21-16(18-10-14-7-4-8-22-14)11-23-17-9-15(19-12-20-17)13-5-2-1-3-6-13/h1-9,12H,10-11H2,(H,18,21). The fraction of sp³-hybridized carbons (Fsp3) is 0.118. The molecule has 1 amide bonds. The molecule has 0 aliphatic heterocycles. The van der Waals surface area contributed by atoms with E-state index in [4.69, 9.17) is 0 Å². The SMILES string of the molecule is O=C(CSc1cc(-c2ccccc2)ncn1)NCc1cccs1. The second kappa shape index (κ2) is 7.89. The first-order valence-corrected chi connectivity index (χ1v) is 8.97. The molecule has 0 aliphatic rings. The summed E-state index contributed by atoms with van der Waals surface area (Å²) in [6.07, 6.45) is 1.54. The zero-order valence-electron chi connectivity index (χ0n) is 12.3. The molecule has 1 aromatic carbocycles. The maximum atomic E-state index is 11.9.